The van der Waals surface area contributed by atoms with Crippen LogP contribution in [0.15, 0.2) is 260 Å². The highest BCUT2D eigenvalue weighted by atomic mass is 15.1. The molecular weight excluding hydrogens is 891 g/mol. The Kier molecular flexibility index (Phi) is 10.9. The lowest BCUT2D eigenvalue weighted by Gasteiger charge is -2.38. The Morgan fingerprint density at radius 2 is 1.15 bits per heavy atom. The Morgan fingerprint density at radius 1 is 0.527 bits per heavy atom. The zero-order valence-corrected chi connectivity index (χ0v) is 42.3. The molecule has 2 atom stereocenters. The summed E-state index contributed by atoms with van der Waals surface area (Å²) in [7, 11) is 0. The quantitative estimate of drug-likeness (QED) is 0.0975. The topological polar surface area (TPSA) is 3.24 Å². The van der Waals surface area contributed by atoms with Crippen molar-refractivity contribution in [3.63, 3.8) is 0 Å². The second-order valence-corrected chi connectivity index (χ2v) is 20.8. The molecular formula is C73H57N. The fourth-order valence-corrected chi connectivity index (χ4v) is 13.5. The number of fused-ring (bicyclic) bond motifs is 9. The standard InChI is InChI=1S/C73H57N/c1-5-7-28-52(25-6-2)73(55-33-18-11-19-34-55)65-39-24-40-69(70(65)62-48-61-59-36-21-23-38-64(59)72(67(61)49-68(62)73,53-29-14-9-15-30-53)54-31-16-10-17-32-54)74(56-43-41-51(42-44-56)50-26-12-8-13-27-50)57-45-46-60-58-35-20-22-37-63(58)71(3,4)66(60)47-57/h2,5,7-9,11-16,18-24,26-49H,10,17,25H2,1,3-4H3/b7-5-,52-28+. The van der Waals surface area contributed by atoms with Crippen LogP contribution in [-0.4, -0.2) is 0 Å². The van der Waals surface area contributed by atoms with Gasteiger partial charge in [-0.05, 0) is 151 Å². The molecule has 13 rings (SSSR count). The predicted octanol–water partition coefficient (Wildman–Crippen LogP) is 18.6. The lowest BCUT2D eigenvalue weighted by atomic mass is 9.63. The highest BCUT2D eigenvalue weighted by Crippen LogP contribution is 2.65. The molecule has 0 fully saturated rings. The Labute approximate surface area is 437 Å². The van der Waals surface area contributed by atoms with Gasteiger partial charge in [-0.25, -0.2) is 0 Å². The minimum atomic E-state index is -0.763. The summed E-state index contributed by atoms with van der Waals surface area (Å²) in [4.78, 5) is 2.53. The van der Waals surface area contributed by atoms with Crippen molar-refractivity contribution >= 4 is 17.1 Å². The van der Waals surface area contributed by atoms with Crippen LogP contribution in [0, 0.1) is 12.3 Å². The third-order valence-electron chi connectivity index (χ3n) is 16.7. The maximum atomic E-state index is 6.55. The van der Waals surface area contributed by atoms with Crippen LogP contribution in [0.4, 0.5) is 17.1 Å². The fraction of sp³-hybridized carbons (Fsp3) is 0.123. The van der Waals surface area contributed by atoms with E-state index in [0.29, 0.717) is 6.42 Å². The first-order chi connectivity index (χ1) is 36.4. The lowest BCUT2D eigenvalue weighted by molar-refractivity contribution is 0.660. The molecule has 74 heavy (non-hydrogen) atoms. The van der Waals surface area contributed by atoms with Gasteiger partial charge in [0.15, 0.2) is 0 Å². The van der Waals surface area contributed by atoms with Crippen LogP contribution in [0.2, 0.25) is 0 Å². The van der Waals surface area contributed by atoms with Gasteiger partial charge in [-0.2, -0.15) is 0 Å². The number of nitrogens with zero attached hydrogens (tertiary/aromatic N) is 1. The molecule has 9 aromatic carbocycles. The normalized spacial score (nSPS) is 18.4. The van der Waals surface area contributed by atoms with E-state index < -0.39 is 10.8 Å². The Balaban J connectivity index is 1.16. The van der Waals surface area contributed by atoms with Gasteiger partial charge in [-0.15, -0.1) is 12.3 Å². The number of benzene rings is 9. The molecule has 1 heteroatoms. The minimum absolute atomic E-state index is 0.192. The van der Waals surface area contributed by atoms with Gasteiger partial charge in [0, 0.05) is 28.8 Å². The minimum Gasteiger partial charge on any atom is -0.310 e. The van der Waals surface area contributed by atoms with E-state index in [0.717, 1.165) is 35.5 Å². The SMILES string of the molecule is C#CC/C(=C\C=C/C)C1(c2ccccc2)c2cc3c(cc2-c2c(N(c4ccc(-c5ccccc5)cc4)c4ccc5c(c4)C(C)(C)c4ccccc4-5)cccc21)-c1ccccc1C3(C1=CCCC=C1)c1ccccc1. The van der Waals surface area contributed by atoms with E-state index in [1.54, 1.807) is 0 Å². The van der Waals surface area contributed by atoms with Crippen LogP contribution in [0.3, 0.4) is 0 Å². The Bertz CT molecular complexity index is 3840. The molecule has 0 saturated heterocycles. The first-order valence-electron chi connectivity index (χ1n) is 26.3. The van der Waals surface area contributed by atoms with Gasteiger partial charge in [-0.1, -0.05) is 226 Å². The zero-order chi connectivity index (χ0) is 50.0. The molecule has 0 spiro atoms. The van der Waals surface area contributed by atoms with E-state index in [2.05, 4.69) is 280 Å². The molecule has 1 nitrogen and oxygen atoms in total. The largest absolute Gasteiger partial charge is 0.310 e. The predicted molar refractivity (Wildman–Crippen MR) is 310 cm³/mol. The molecule has 0 N–H and O–H groups in total. The maximum Gasteiger partial charge on any atom is 0.0710 e. The van der Waals surface area contributed by atoms with E-state index in [1.165, 1.54) is 94.6 Å². The zero-order valence-electron chi connectivity index (χ0n) is 42.3. The molecule has 2 unspecified atom stereocenters. The first kappa shape index (κ1) is 45.2. The van der Waals surface area contributed by atoms with Gasteiger partial charge in [0.1, 0.15) is 0 Å². The van der Waals surface area contributed by atoms with Crippen molar-refractivity contribution in [2.75, 3.05) is 4.90 Å². The van der Waals surface area contributed by atoms with E-state index in [9.17, 15) is 0 Å². The summed E-state index contributed by atoms with van der Waals surface area (Å²) in [6, 6.07) is 79.8. The third-order valence-corrected chi connectivity index (χ3v) is 16.7. The van der Waals surface area contributed by atoms with E-state index in [-0.39, 0.29) is 5.41 Å². The average Bonchev–Trinajstić information content (AvgIpc) is 4.01. The van der Waals surface area contributed by atoms with Crippen LogP contribution < -0.4 is 4.90 Å². The lowest BCUT2D eigenvalue weighted by Crippen LogP contribution is -2.32. The second-order valence-electron chi connectivity index (χ2n) is 20.8. The summed E-state index contributed by atoms with van der Waals surface area (Å²) in [5, 5.41) is 0. The Morgan fingerprint density at radius 3 is 1.85 bits per heavy atom. The molecule has 4 aliphatic carbocycles. The number of allylic oxidation sites excluding steroid dienone is 8. The van der Waals surface area contributed by atoms with Gasteiger partial charge in [0.05, 0.1) is 16.5 Å². The van der Waals surface area contributed by atoms with Crippen LogP contribution in [0.25, 0.3) is 44.5 Å². The highest BCUT2D eigenvalue weighted by molar-refractivity contribution is 6.01. The van der Waals surface area contributed by atoms with Crippen LogP contribution in [0.1, 0.15) is 84.5 Å². The first-order valence-corrected chi connectivity index (χ1v) is 26.3. The number of anilines is 3. The van der Waals surface area contributed by atoms with Crippen molar-refractivity contribution in [2.24, 2.45) is 0 Å². The number of hydrogen-bond donors (Lipinski definition) is 0. The molecule has 0 aromatic heterocycles. The summed E-state index contributed by atoms with van der Waals surface area (Å²) >= 11 is 0. The van der Waals surface area contributed by atoms with Gasteiger partial charge < -0.3 is 4.90 Å². The van der Waals surface area contributed by atoms with Crippen LogP contribution >= 0.6 is 0 Å². The average molecular weight is 948 g/mol. The fourth-order valence-electron chi connectivity index (χ4n) is 13.5. The monoisotopic (exact) mass is 947 g/mol. The molecule has 0 saturated carbocycles. The number of rotatable bonds is 10. The van der Waals surface area contributed by atoms with Crippen LogP contribution in [-0.2, 0) is 16.2 Å². The van der Waals surface area contributed by atoms with Crippen molar-refractivity contribution in [3.05, 3.63) is 304 Å². The smallest absolute Gasteiger partial charge is 0.0710 e. The molecule has 0 aliphatic heterocycles. The summed E-state index contributed by atoms with van der Waals surface area (Å²) in [5.41, 5.74) is 24.5. The summed E-state index contributed by atoms with van der Waals surface area (Å²) < 4.78 is 0. The van der Waals surface area contributed by atoms with Crippen molar-refractivity contribution in [3.8, 4) is 56.9 Å². The van der Waals surface area contributed by atoms with Crippen LogP contribution in [0.5, 0.6) is 0 Å². The van der Waals surface area contributed by atoms with Crippen molar-refractivity contribution in [2.45, 2.75) is 56.3 Å². The van der Waals surface area contributed by atoms with E-state index >= 15 is 0 Å². The molecule has 354 valence electrons. The van der Waals surface area contributed by atoms with E-state index in [1.807, 2.05) is 0 Å². The second kappa shape index (κ2) is 17.8. The summed E-state index contributed by atoms with van der Waals surface area (Å²) in [6.45, 7) is 6.85. The number of hydrogen-bond acceptors (Lipinski definition) is 1. The van der Waals surface area contributed by atoms with Gasteiger partial charge in [0.2, 0.25) is 0 Å². The maximum absolute atomic E-state index is 6.55. The van der Waals surface area contributed by atoms with Gasteiger partial charge in [-0.3, -0.25) is 0 Å². The molecule has 0 amide bonds. The van der Waals surface area contributed by atoms with E-state index in [4.69, 9.17) is 6.42 Å². The molecule has 0 heterocycles. The van der Waals surface area contributed by atoms with Crippen molar-refractivity contribution in [1.82, 2.24) is 0 Å². The van der Waals surface area contributed by atoms with Gasteiger partial charge in [0.25, 0.3) is 0 Å². The molecule has 0 bridgehead atoms. The summed E-state index contributed by atoms with van der Waals surface area (Å²) in [6.07, 6.45) is 22.9. The summed E-state index contributed by atoms with van der Waals surface area (Å²) in [5.74, 6) is 3.19. The molecule has 0 radical (unpaired) electrons. The molecule has 4 aliphatic rings. The highest BCUT2D eigenvalue weighted by Gasteiger charge is 2.53. The van der Waals surface area contributed by atoms with Gasteiger partial charge >= 0.3 is 0 Å². The Hall–Kier alpha value is -8.70. The van der Waals surface area contributed by atoms with Crippen molar-refractivity contribution < 1.29 is 0 Å². The molecule has 9 aromatic rings. The third kappa shape index (κ3) is 6.58. The number of terminal acetylenes is 1. The van der Waals surface area contributed by atoms with Crippen molar-refractivity contribution in [1.29, 1.82) is 0 Å².